The molecule has 1 aromatic carbocycles. The molecule has 2 N–H and O–H groups in total. The van der Waals surface area contributed by atoms with E-state index in [2.05, 4.69) is 56.9 Å². The van der Waals surface area contributed by atoms with Crippen LogP contribution >= 0.6 is 0 Å². The zero-order chi connectivity index (χ0) is 13.6. The van der Waals surface area contributed by atoms with Gasteiger partial charge in [0.2, 0.25) is 0 Å². The summed E-state index contributed by atoms with van der Waals surface area (Å²) >= 11 is 0. The first-order valence-electron chi connectivity index (χ1n) is 7.12. The summed E-state index contributed by atoms with van der Waals surface area (Å²) in [5.74, 6) is 0. The average Bonchev–Trinajstić information content (AvgIpc) is 2.41. The minimum atomic E-state index is 0.250. The summed E-state index contributed by atoms with van der Waals surface area (Å²) in [5.41, 5.74) is 8.90. The van der Waals surface area contributed by atoms with Gasteiger partial charge in [-0.3, -0.25) is 0 Å². The van der Waals surface area contributed by atoms with Crippen molar-refractivity contribution in [2.45, 2.75) is 40.5 Å². The van der Waals surface area contributed by atoms with Crippen LogP contribution in [0.15, 0.2) is 24.3 Å². The van der Waals surface area contributed by atoms with Crippen molar-refractivity contribution in [3.8, 4) is 0 Å². The van der Waals surface area contributed by atoms with Crippen molar-refractivity contribution in [1.29, 1.82) is 0 Å². The van der Waals surface area contributed by atoms with Crippen LogP contribution in [0.1, 0.15) is 39.2 Å². The van der Waals surface area contributed by atoms with Crippen molar-refractivity contribution >= 4 is 5.69 Å². The van der Waals surface area contributed by atoms with Gasteiger partial charge in [0.1, 0.15) is 0 Å². The van der Waals surface area contributed by atoms with E-state index in [1.165, 1.54) is 11.3 Å². The largest absolute Gasteiger partial charge is 0.371 e. The molecule has 0 unspecified atom stereocenters. The minimum Gasteiger partial charge on any atom is -0.371 e. The highest BCUT2D eigenvalue weighted by Crippen LogP contribution is 2.28. The fourth-order valence-corrected chi connectivity index (χ4v) is 2.44. The van der Waals surface area contributed by atoms with Gasteiger partial charge in [0, 0.05) is 18.8 Å². The molecule has 0 bridgehead atoms. The van der Waals surface area contributed by atoms with Crippen molar-refractivity contribution in [3.05, 3.63) is 29.8 Å². The molecule has 0 spiro atoms. The molecule has 0 heterocycles. The predicted octanol–water partition coefficient (Wildman–Crippen LogP) is 3.59. The molecule has 0 aliphatic heterocycles. The molecule has 0 saturated carbocycles. The van der Waals surface area contributed by atoms with Crippen LogP contribution in [0.4, 0.5) is 5.69 Å². The van der Waals surface area contributed by atoms with Crippen LogP contribution in [0.3, 0.4) is 0 Å². The summed E-state index contributed by atoms with van der Waals surface area (Å²) in [6, 6.07) is 8.74. The Hall–Kier alpha value is -1.02. The Kier molecular flexibility index (Phi) is 5.67. The Balaban J connectivity index is 2.90. The second-order valence-electron chi connectivity index (χ2n) is 5.26. The van der Waals surface area contributed by atoms with E-state index in [1.54, 1.807) is 0 Å². The fraction of sp³-hybridized carbons (Fsp3) is 0.625. The van der Waals surface area contributed by atoms with Gasteiger partial charge in [-0.05, 0) is 56.3 Å². The molecule has 1 aromatic rings. The first-order chi connectivity index (χ1) is 8.60. The van der Waals surface area contributed by atoms with E-state index < -0.39 is 0 Å². The number of anilines is 1. The van der Waals surface area contributed by atoms with E-state index in [0.29, 0.717) is 0 Å². The van der Waals surface area contributed by atoms with E-state index >= 15 is 0 Å². The Morgan fingerprint density at radius 3 is 2.28 bits per heavy atom. The lowest BCUT2D eigenvalue weighted by Crippen LogP contribution is -2.42. The first kappa shape index (κ1) is 15.0. The maximum absolute atomic E-state index is 6.01. The Morgan fingerprint density at radius 2 is 1.83 bits per heavy atom. The zero-order valence-electron chi connectivity index (χ0n) is 12.4. The average molecular weight is 248 g/mol. The number of nitrogens with two attached hydrogens (primary N) is 1. The van der Waals surface area contributed by atoms with Crippen LogP contribution in [0.5, 0.6) is 0 Å². The van der Waals surface area contributed by atoms with Gasteiger partial charge in [0.25, 0.3) is 0 Å². The maximum atomic E-state index is 6.01. The number of hydrogen-bond acceptors (Lipinski definition) is 2. The summed E-state index contributed by atoms with van der Waals surface area (Å²) in [6.07, 6.45) is 2.28. The highest BCUT2D eigenvalue weighted by Gasteiger charge is 2.27. The Labute approximate surface area is 112 Å². The third-order valence-electron chi connectivity index (χ3n) is 4.21. The van der Waals surface area contributed by atoms with Crippen LogP contribution in [0.25, 0.3) is 0 Å². The lowest BCUT2D eigenvalue weighted by Gasteiger charge is -2.37. The van der Waals surface area contributed by atoms with Crippen molar-refractivity contribution in [1.82, 2.24) is 0 Å². The van der Waals surface area contributed by atoms with Gasteiger partial charge in [-0.15, -0.1) is 0 Å². The molecule has 0 atom stereocenters. The van der Waals surface area contributed by atoms with Crippen molar-refractivity contribution in [2.75, 3.05) is 24.5 Å². The molecule has 0 fully saturated rings. The normalized spacial score (nSPS) is 11.6. The zero-order valence-corrected chi connectivity index (χ0v) is 12.4. The monoisotopic (exact) mass is 248 g/mol. The second-order valence-corrected chi connectivity index (χ2v) is 5.26. The number of benzene rings is 1. The second kappa shape index (κ2) is 6.79. The smallest absolute Gasteiger partial charge is 0.0368 e. The van der Waals surface area contributed by atoms with Gasteiger partial charge >= 0.3 is 0 Å². The van der Waals surface area contributed by atoms with E-state index in [1.807, 2.05) is 0 Å². The van der Waals surface area contributed by atoms with Gasteiger partial charge < -0.3 is 10.6 Å². The molecule has 2 nitrogen and oxygen atoms in total. The summed E-state index contributed by atoms with van der Waals surface area (Å²) in [6.45, 7) is 11.7. The quantitative estimate of drug-likeness (QED) is 0.799. The van der Waals surface area contributed by atoms with Gasteiger partial charge in [0.15, 0.2) is 0 Å². The van der Waals surface area contributed by atoms with E-state index in [9.17, 15) is 0 Å². The summed E-state index contributed by atoms with van der Waals surface area (Å²) < 4.78 is 0. The molecule has 0 amide bonds. The topological polar surface area (TPSA) is 29.3 Å². The molecule has 1 rings (SSSR count). The molecular formula is C16H28N2. The lowest BCUT2D eigenvalue weighted by molar-refractivity contribution is 0.277. The molecule has 0 aliphatic carbocycles. The van der Waals surface area contributed by atoms with Crippen LogP contribution in [-0.4, -0.2) is 19.6 Å². The van der Waals surface area contributed by atoms with E-state index in [4.69, 9.17) is 5.73 Å². The third-order valence-corrected chi connectivity index (χ3v) is 4.21. The predicted molar refractivity (Wildman–Crippen MR) is 81.1 cm³/mol. The third kappa shape index (κ3) is 3.49. The fourth-order valence-electron chi connectivity index (χ4n) is 2.44. The standard InChI is InChI=1S/C16H28N2/c1-5-16(6-2,12-17)13-18(7-3)15-10-8-9-14(4)11-15/h8-11H,5-7,12-13,17H2,1-4H3. The molecule has 0 saturated heterocycles. The van der Waals surface area contributed by atoms with E-state index in [-0.39, 0.29) is 5.41 Å². The first-order valence-corrected chi connectivity index (χ1v) is 7.12. The van der Waals surface area contributed by atoms with Crippen molar-refractivity contribution < 1.29 is 0 Å². The Morgan fingerprint density at radius 1 is 1.17 bits per heavy atom. The molecule has 2 heteroatoms. The summed E-state index contributed by atoms with van der Waals surface area (Å²) in [5, 5.41) is 0. The number of rotatable bonds is 7. The SMILES string of the molecule is CCN(CC(CC)(CC)CN)c1cccc(C)c1. The van der Waals surface area contributed by atoms with Gasteiger partial charge in [-0.1, -0.05) is 26.0 Å². The molecule has 0 aromatic heterocycles. The van der Waals surface area contributed by atoms with E-state index in [0.717, 1.165) is 32.5 Å². The van der Waals surface area contributed by atoms with Gasteiger partial charge in [-0.2, -0.15) is 0 Å². The van der Waals surface area contributed by atoms with Gasteiger partial charge in [-0.25, -0.2) is 0 Å². The highest BCUT2D eigenvalue weighted by atomic mass is 15.1. The molecule has 18 heavy (non-hydrogen) atoms. The summed E-state index contributed by atoms with van der Waals surface area (Å²) in [7, 11) is 0. The molecule has 0 radical (unpaired) electrons. The highest BCUT2D eigenvalue weighted by molar-refractivity contribution is 5.48. The Bertz CT molecular complexity index is 348. The molecule has 102 valence electrons. The van der Waals surface area contributed by atoms with Crippen LogP contribution in [0, 0.1) is 12.3 Å². The maximum Gasteiger partial charge on any atom is 0.0368 e. The molecule has 0 aliphatic rings. The lowest BCUT2D eigenvalue weighted by atomic mass is 9.81. The van der Waals surface area contributed by atoms with Crippen LogP contribution in [0.2, 0.25) is 0 Å². The minimum absolute atomic E-state index is 0.250. The van der Waals surface area contributed by atoms with Crippen LogP contribution < -0.4 is 10.6 Å². The number of hydrogen-bond donors (Lipinski definition) is 1. The van der Waals surface area contributed by atoms with Crippen molar-refractivity contribution in [2.24, 2.45) is 11.1 Å². The number of aryl methyl sites for hydroxylation is 1. The summed E-state index contributed by atoms with van der Waals surface area (Å²) in [4.78, 5) is 2.45. The van der Waals surface area contributed by atoms with Gasteiger partial charge in [0.05, 0.1) is 0 Å². The van der Waals surface area contributed by atoms with Crippen LogP contribution in [-0.2, 0) is 0 Å². The molecular weight excluding hydrogens is 220 g/mol. The number of nitrogens with zero attached hydrogens (tertiary/aromatic N) is 1. The van der Waals surface area contributed by atoms with Crippen molar-refractivity contribution in [3.63, 3.8) is 0 Å².